The molecule has 2 N–H and O–H groups in total. The molecule has 1 rings (SSSR count). The predicted octanol–water partition coefficient (Wildman–Crippen LogP) is 4.69. The third kappa shape index (κ3) is 5.29. The molecule has 0 fully saturated rings. The van der Waals surface area contributed by atoms with E-state index in [-0.39, 0.29) is 6.04 Å². The van der Waals surface area contributed by atoms with Crippen molar-refractivity contribution in [3.63, 3.8) is 0 Å². The zero-order valence-electron chi connectivity index (χ0n) is 10.5. The van der Waals surface area contributed by atoms with Gasteiger partial charge in [0.2, 0.25) is 0 Å². The summed E-state index contributed by atoms with van der Waals surface area (Å²) in [5.41, 5.74) is 7.09. The molecule has 0 aromatic heterocycles. The van der Waals surface area contributed by atoms with Crippen molar-refractivity contribution >= 4 is 23.2 Å². The number of benzene rings is 1. The highest BCUT2D eigenvalue weighted by Gasteiger charge is 2.10. The van der Waals surface area contributed by atoms with E-state index in [0.717, 1.165) is 34.4 Å². The van der Waals surface area contributed by atoms with Gasteiger partial charge in [-0.25, -0.2) is 0 Å². The lowest BCUT2D eigenvalue weighted by atomic mass is 9.99. The van der Waals surface area contributed by atoms with E-state index in [1.165, 1.54) is 12.8 Å². The molecule has 1 aromatic rings. The van der Waals surface area contributed by atoms with Crippen LogP contribution in [-0.4, -0.2) is 6.04 Å². The Bertz CT molecular complexity index is 330. The Morgan fingerprint density at radius 3 is 2.24 bits per heavy atom. The first-order valence-corrected chi connectivity index (χ1v) is 6.94. The Kier molecular flexibility index (Phi) is 6.32. The van der Waals surface area contributed by atoms with Crippen molar-refractivity contribution in [2.75, 3.05) is 0 Å². The van der Waals surface area contributed by atoms with E-state index < -0.39 is 0 Å². The van der Waals surface area contributed by atoms with E-state index in [1.54, 1.807) is 0 Å². The molecule has 0 saturated carbocycles. The lowest BCUT2D eigenvalue weighted by molar-refractivity contribution is 0.496. The zero-order chi connectivity index (χ0) is 12.8. The Labute approximate surface area is 114 Å². The summed E-state index contributed by atoms with van der Waals surface area (Å²) in [5.74, 6) is 0.742. The van der Waals surface area contributed by atoms with Crippen molar-refractivity contribution in [3.05, 3.63) is 33.8 Å². The van der Waals surface area contributed by atoms with Crippen LogP contribution in [0.15, 0.2) is 18.2 Å². The van der Waals surface area contributed by atoms with Gasteiger partial charge >= 0.3 is 0 Å². The van der Waals surface area contributed by atoms with Gasteiger partial charge < -0.3 is 5.73 Å². The lowest BCUT2D eigenvalue weighted by Gasteiger charge is -2.14. The molecule has 0 amide bonds. The SMILES string of the molecule is CC(C)CCCC(N)Cc1c(Cl)cccc1Cl. The second kappa shape index (κ2) is 7.25. The molecular formula is C14H21Cl2N. The molecular weight excluding hydrogens is 253 g/mol. The number of hydrogen-bond acceptors (Lipinski definition) is 1. The highest BCUT2D eigenvalue weighted by molar-refractivity contribution is 6.35. The molecule has 1 atom stereocenters. The van der Waals surface area contributed by atoms with Crippen LogP contribution in [0.2, 0.25) is 10.0 Å². The maximum Gasteiger partial charge on any atom is 0.0453 e. The van der Waals surface area contributed by atoms with Crippen LogP contribution in [0, 0.1) is 5.92 Å². The molecule has 0 spiro atoms. The first-order chi connectivity index (χ1) is 8.00. The molecule has 0 bridgehead atoms. The van der Waals surface area contributed by atoms with Crippen LogP contribution in [0.4, 0.5) is 0 Å². The minimum absolute atomic E-state index is 0.145. The molecule has 0 aliphatic carbocycles. The number of rotatable bonds is 6. The van der Waals surface area contributed by atoms with Crippen molar-refractivity contribution in [3.8, 4) is 0 Å². The quantitative estimate of drug-likeness (QED) is 0.800. The molecule has 0 saturated heterocycles. The van der Waals surface area contributed by atoms with Crippen LogP contribution in [0.1, 0.15) is 38.7 Å². The van der Waals surface area contributed by atoms with E-state index in [1.807, 2.05) is 18.2 Å². The highest BCUT2D eigenvalue weighted by atomic mass is 35.5. The van der Waals surface area contributed by atoms with E-state index in [0.29, 0.717) is 0 Å². The molecule has 3 heteroatoms. The zero-order valence-corrected chi connectivity index (χ0v) is 12.1. The van der Waals surface area contributed by atoms with Crippen LogP contribution in [0.3, 0.4) is 0 Å². The molecule has 17 heavy (non-hydrogen) atoms. The van der Waals surface area contributed by atoms with Crippen LogP contribution in [0.25, 0.3) is 0 Å². The summed E-state index contributed by atoms with van der Waals surface area (Å²) in [6, 6.07) is 5.73. The highest BCUT2D eigenvalue weighted by Crippen LogP contribution is 2.26. The standard InChI is InChI=1S/C14H21Cl2N/c1-10(2)5-3-6-11(17)9-12-13(15)7-4-8-14(12)16/h4,7-8,10-11H,3,5-6,9,17H2,1-2H3. The molecule has 0 heterocycles. The van der Waals surface area contributed by atoms with Gasteiger partial charge in [-0.2, -0.15) is 0 Å². The van der Waals surface area contributed by atoms with Crippen molar-refractivity contribution in [2.24, 2.45) is 11.7 Å². The van der Waals surface area contributed by atoms with E-state index in [9.17, 15) is 0 Å². The van der Waals surface area contributed by atoms with Crippen molar-refractivity contribution in [1.29, 1.82) is 0 Å². The minimum Gasteiger partial charge on any atom is -0.327 e. The topological polar surface area (TPSA) is 26.0 Å². The van der Waals surface area contributed by atoms with Gasteiger partial charge in [0, 0.05) is 16.1 Å². The summed E-state index contributed by atoms with van der Waals surface area (Å²) >= 11 is 12.2. The van der Waals surface area contributed by atoms with Crippen LogP contribution in [-0.2, 0) is 6.42 Å². The average molecular weight is 274 g/mol. The van der Waals surface area contributed by atoms with E-state index in [2.05, 4.69) is 13.8 Å². The third-order valence-electron chi connectivity index (χ3n) is 2.88. The van der Waals surface area contributed by atoms with Crippen LogP contribution >= 0.6 is 23.2 Å². The maximum atomic E-state index is 6.12. The molecule has 96 valence electrons. The van der Waals surface area contributed by atoms with E-state index in [4.69, 9.17) is 28.9 Å². The van der Waals surface area contributed by atoms with Gasteiger partial charge in [-0.1, -0.05) is 56.0 Å². The first kappa shape index (κ1) is 14.8. The molecule has 0 aliphatic rings. The normalized spacial score (nSPS) is 13.1. The lowest BCUT2D eigenvalue weighted by Crippen LogP contribution is -2.23. The van der Waals surface area contributed by atoms with E-state index >= 15 is 0 Å². The summed E-state index contributed by atoms with van der Waals surface area (Å²) in [7, 11) is 0. The van der Waals surface area contributed by atoms with Gasteiger partial charge in [0.05, 0.1) is 0 Å². The summed E-state index contributed by atoms with van der Waals surface area (Å²) in [4.78, 5) is 0. The van der Waals surface area contributed by atoms with Crippen LogP contribution < -0.4 is 5.73 Å². The predicted molar refractivity (Wildman–Crippen MR) is 76.8 cm³/mol. The van der Waals surface area contributed by atoms with Crippen LogP contribution in [0.5, 0.6) is 0 Å². The third-order valence-corrected chi connectivity index (χ3v) is 3.59. The second-order valence-electron chi connectivity index (χ2n) is 4.99. The molecule has 1 aromatic carbocycles. The fourth-order valence-corrected chi connectivity index (χ4v) is 2.43. The number of nitrogens with two attached hydrogens (primary N) is 1. The van der Waals surface area contributed by atoms with Gasteiger partial charge in [0.15, 0.2) is 0 Å². The fourth-order valence-electron chi connectivity index (χ4n) is 1.88. The average Bonchev–Trinajstić information content (AvgIpc) is 2.23. The second-order valence-corrected chi connectivity index (χ2v) is 5.80. The number of hydrogen-bond donors (Lipinski definition) is 1. The molecule has 1 unspecified atom stereocenters. The summed E-state index contributed by atoms with van der Waals surface area (Å²) < 4.78 is 0. The van der Waals surface area contributed by atoms with Gasteiger partial charge in [-0.3, -0.25) is 0 Å². The fraction of sp³-hybridized carbons (Fsp3) is 0.571. The molecule has 0 radical (unpaired) electrons. The largest absolute Gasteiger partial charge is 0.327 e. The van der Waals surface area contributed by atoms with Gasteiger partial charge in [-0.05, 0) is 36.5 Å². The monoisotopic (exact) mass is 273 g/mol. The minimum atomic E-state index is 0.145. The van der Waals surface area contributed by atoms with Gasteiger partial charge in [-0.15, -0.1) is 0 Å². The first-order valence-electron chi connectivity index (χ1n) is 6.19. The molecule has 1 nitrogen and oxygen atoms in total. The number of halogens is 2. The Balaban J connectivity index is 2.47. The smallest absolute Gasteiger partial charge is 0.0453 e. The van der Waals surface area contributed by atoms with Crippen molar-refractivity contribution < 1.29 is 0 Å². The maximum absolute atomic E-state index is 6.12. The van der Waals surface area contributed by atoms with Crippen molar-refractivity contribution in [1.82, 2.24) is 0 Å². The van der Waals surface area contributed by atoms with Gasteiger partial charge in [0.25, 0.3) is 0 Å². The molecule has 0 aliphatic heterocycles. The summed E-state index contributed by atoms with van der Waals surface area (Å²) in [5, 5.41) is 1.44. The van der Waals surface area contributed by atoms with Gasteiger partial charge in [0.1, 0.15) is 0 Å². The Hall–Kier alpha value is -0.240. The Morgan fingerprint density at radius 2 is 1.71 bits per heavy atom. The summed E-state index contributed by atoms with van der Waals surface area (Å²) in [6.07, 6.45) is 4.18. The summed E-state index contributed by atoms with van der Waals surface area (Å²) in [6.45, 7) is 4.47. The Morgan fingerprint density at radius 1 is 1.12 bits per heavy atom. The van der Waals surface area contributed by atoms with Crippen molar-refractivity contribution in [2.45, 2.75) is 45.6 Å².